The van der Waals surface area contributed by atoms with E-state index in [2.05, 4.69) is 28.9 Å². The van der Waals surface area contributed by atoms with E-state index < -0.39 is 0 Å². The minimum absolute atomic E-state index is 0.0231. The second kappa shape index (κ2) is 7.47. The molecule has 0 spiro atoms. The van der Waals surface area contributed by atoms with E-state index in [1.54, 1.807) is 6.20 Å². The highest BCUT2D eigenvalue weighted by Crippen LogP contribution is 2.36. The van der Waals surface area contributed by atoms with Crippen molar-refractivity contribution in [3.8, 4) is 0 Å². The zero-order valence-corrected chi connectivity index (χ0v) is 17.3. The molecule has 5 nitrogen and oxygen atoms in total. The average Bonchev–Trinajstić information content (AvgIpc) is 3.36. The van der Waals surface area contributed by atoms with Gasteiger partial charge in [0.25, 0.3) is 5.91 Å². The number of carbonyl (C=O) groups is 1. The Morgan fingerprint density at radius 2 is 2.07 bits per heavy atom. The Hall–Kier alpha value is -2.14. The maximum atomic E-state index is 13.4. The van der Waals surface area contributed by atoms with Crippen LogP contribution >= 0.6 is 11.6 Å². The molecule has 0 radical (unpaired) electrons. The molecule has 1 N–H and O–H groups in total. The van der Waals surface area contributed by atoms with Crippen LogP contribution in [-0.4, -0.2) is 34.6 Å². The highest BCUT2D eigenvalue weighted by atomic mass is 35.5. The van der Waals surface area contributed by atoms with Crippen LogP contribution in [0.2, 0.25) is 5.15 Å². The summed E-state index contributed by atoms with van der Waals surface area (Å²) in [5.41, 5.74) is 4.71. The molecule has 27 heavy (non-hydrogen) atoms. The van der Waals surface area contributed by atoms with Crippen LogP contribution in [0.4, 0.5) is 0 Å². The number of rotatable bonds is 5. The van der Waals surface area contributed by atoms with Gasteiger partial charge in [-0.2, -0.15) is 0 Å². The number of carbonyl (C=O) groups excluding carboxylic acids is 1. The maximum absolute atomic E-state index is 13.4. The van der Waals surface area contributed by atoms with Crippen molar-refractivity contribution >= 4 is 24.2 Å². The number of allylic oxidation sites excluding steroid dienone is 1. The van der Waals surface area contributed by atoms with Gasteiger partial charge in [0.05, 0.1) is 0 Å². The van der Waals surface area contributed by atoms with E-state index in [4.69, 9.17) is 11.6 Å². The van der Waals surface area contributed by atoms with Gasteiger partial charge >= 0.3 is 0 Å². The van der Waals surface area contributed by atoms with Crippen molar-refractivity contribution in [2.75, 3.05) is 6.54 Å². The van der Waals surface area contributed by atoms with Crippen molar-refractivity contribution in [3.63, 3.8) is 0 Å². The molecule has 3 rings (SSSR count). The van der Waals surface area contributed by atoms with E-state index in [1.807, 2.05) is 31.7 Å². The molecule has 1 aromatic rings. The van der Waals surface area contributed by atoms with Crippen molar-refractivity contribution in [3.05, 3.63) is 51.1 Å². The molecule has 0 aromatic carbocycles. The van der Waals surface area contributed by atoms with Crippen molar-refractivity contribution in [1.29, 1.82) is 0 Å². The van der Waals surface area contributed by atoms with E-state index in [9.17, 15) is 4.79 Å². The third-order valence-electron chi connectivity index (χ3n) is 5.40. The smallest absolute Gasteiger partial charge is 0.254 e. The van der Waals surface area contributed by atoms with Crippen LogP contribution in [0.3, 0.4) is 0 Å². The fourth-order valence-electron chi connectivity index (χ4n) is 3.50. The number of nitrogens with zero attached hydrogens (tertiary/aromatic N) is 3. The summed E-state index contributed by atoms with van der Waals surface area (Å²) in [4.78, 5) is 23.6. The molecule has 144 valence electrons. The number of halogens is 1. The Bertz CT molecular complexity index is 848. The number of fused-ring (bicyclic) bond motifs is 1. The summed E-state index contributed by atoms with van der Waals surface area (Å²) in [5.74, 6) is 0.721. The van der Waals surface area contributed by atoms with Gasteiger partial charge in [-0.25, -0.2) is 9.98 Å². The van der Waals surface area contributed by atoms with Crippen LogP contribution < -0.4 is 5.32 Å². The number of aliphatic imine (C=N–C) groups is 1. The van der Waals surface area contributed by atoms with Crippen molar-refractivity contribution in [2.45, 2.75) is 59.0 Å². The number of pyridine rings is 1. The first-order chi connectivity index (χ1) is 12.8. The quantitative estimate of drug-likeness (QED) is 0.359. The van der Waals surface area contributed by atoms with Gasteiger partial charge in [0.15, 0.2) is 0 Å². The summed E-state index contributed by atoms with van der Waals surface area (Å²) in [5, 5.41) is 3.99. The summed E-state index contributed by atoms with van der Waals surface area (Å²) in [6.45, 7) is 12.9. The van der Waals surface area contributed by atoms with Crippen molar-refractivity contribution in [1.82, 2.24) is 15.2 Å². The summed E-state index contributed by atoms with van der Waals surface area (Å²) >= 11 is 6.20. The third kappa shape index (κ3) is 4.08. The highest BCUT2D eigenvalue weighted by molar-refractivity contribution is 6.30. The number of hydrogen-bond donors (Lipinski definition) is 1. The van der Waals surface area contributed by atoms with Crippen molar-refractivity contribution < 1.29 is 4.79 Å². The molecule has 2 aliphatic rings. The molecule has 1 aliphatic heterocycles. The topological polar surface area (TPSA) is 57.6 Å². The molecule has 6 heteroatoms. The Kier molecular flexibility index (Phi) is 5.43. The zero-order valence-electron chi connectivity index (χ0n) is 16.5. The Labute approximate surface area is 166 Å². The monoisotopic (exact) mass is 386 g/mol. The summed E-state index contributed by atoms with van der Waals surface area (Å²) in [7, 11) is 0. The van der Waals surface area contributed by atoms with Crippen LogP contribution in [0.1, 0.15) is 51.7 Å². The third-order valence-corrected chi connectivity index (χ3v) is 5.73. The van der Waals surface area contributed by atoms with Crippen LogP contribution in [0.15, 0.2) is 39.8 Å². The SMILES string of the molecule is C=N/C(NC1(C)CC1)=C(\C)C(C(=O)N1CCc2c(ccnc2Cl)C1)=C(C)C. The van der Waals surface area contributed by atoms with Crippen molar-refractivity contribution in [2.24, 2.45) is 4.99 Å². The summed E-state index contributed by atoms with van der Waals surface area (Å²) in [6, 6.07) is 1.94. The number of aromatic nitrogens is 1. The molecule has 1 aromatic heterocycles. The number of hydrogen-bond acceptors (Lipinski definition) is 4. The number of amides is 1. The minimum atomic E-state index is 0.0231. The number of nitrogens with one attached hydrogen (secondary N) is 1. The summed E-state index contributed by atoms with van der Waals surface area (Å²) in [6.07, 6.45) is 4.63. The molecule has 2 heterocycles. The van der Waals surface area contributed by atoms with Gasteiger partial charge < -0.3 is 10.2 Å². The zero-order chi connectivity index (χ0) is 19.8. The highest BCUT2D eigenvalue weighted by Gasteiger charge is 2.38. The Morgan fingerprint density at radius 1 is 1.37 bits per heavy atom. The maximum Gasteiger partial charge on any atom is 0.254 e. The van der Waals surface area contributed by atoms with Gasteiger partial charge in [-0.05, 0) is 70.9 Å². The van der Waals surface area contributed by atoms with Crippen LogP contribution in [0, 0.1) is 0 Å². The standard InChI is InChI=1S/C21H27ClN4O/c1-13(2)17(14(3)19(23-5)25-21(4)8-9-21)20(27)26-11-7-16-15(12-26)6-10-24-18(16)22/h6,10,25H,5,7-9,11-12H2,1-4H3/b19-14-. The van der Waals surface area contributed by atoms with E-state index in [1.165, 1.54) is 0 Å². The van der Waals surface area contributed by atoms with Crippen LogP contribution in [0.25, 0.3) is 0 Å². The Morgan fingerprint density at radius 3 is 2.67 bits per heavy atom. The van der Waals surface area contributed by atoms with Crippen LogP contribution in [0.5, 0.6) is 0 Å². The fourth-order valence-corrected chi connectivity index (χ4v) is 3.77. The molecule has 0 atom stereocenters. The molecule has 1 saturated carbocycles. The lowest BCUT2D eigenvalue weighted by Gasteiger charge is -2.31. The van der Waals surface area contributed by atoms with Gasteiger partial charge in [0, 0.05) is 36.0 Å². The van der Waals surface area contributed by atoms with Gasteiger partial charge in [0.2, 0.25) is 0 Å². The van der Waals surface area contributed by atoms with Gasteiger partial charge in [-0.1, -0.05) is 17.2 Å². The predicted octanol–water partition coefficient (Wildman–Crippen LogP) is 4.03. The predicted molar refractivity (Wildman–Crippen MR) is 110 cm³/mol. The fraction of sp³-hybridized carbons (Fsp3) is 0.476. The van der Waals surface area contributed by atoms with E-state index in [-0.39, 0.29) is 11.4 Å². The Balaban J connectivity index is 1.88. The second-order valence-electron chi connectivity index (χ2n) is 7.91. The molecule has 0 saturated heterocycles. The first-order valence-electron chi connectivity index (χ1n) is 9.31. The first kappa shape index (κ1) is 19.6. The molecular weight excluding hydrogens is 360 g/mol. The molecule has 1 aliphatic carbocycles. The minimum Gasteiger partial charge on any atom is -0.365 e. The second-order valence-corrected chi connectivity index (χ2v) is 8.27. The summed E-state index contributed by atoms with van der Waals surface area (Å²) < 4.78 is 0. The van der Waals surface area contributed by atoms with Gasteiger partial charge in [-0.15, -0.1) is 0 Å². The first-order valence-corrected chi connectivity index (χ1v) is 9.68. The molecule has 1 fully saturated rings. The van der Waals surface area contributed by atoms with Gasteiger partial charge in [-0.3, -0.25) is 4.79 Å². The van der Waals surface area contributed by atoms with E-state index >= 15 is 0 Å². The molecule has 0 unspecified atom stereocenters. The molecular formula is C21H27ClN4O. The lowest BCUT2D eigenvalue weighted by atomic mass is 9.97. The molecule has 1 amide bonds. The lowest BCUT2D eigenvalue weighted by molar-refractivity contribution is -0.127. The van der Waals surface area contributed by atoms with Crippen LogP contribution in [-0.2, 0) is 17.8 Å². The average molecular weight is 387 g/mol. The normalized spacial score (nSPS) is 18.2. The van der Waals surface area contributed by atoms with E-state index in [0.29, 0.717) is 29.6 Å². The van der Waals surface area contributed by atoms with E-state index in [0.717, 1.165) is 41.5 Å². The molecule has 0 bridgehead atoms. The largest absolute Gasteiger partial charge is 0.365 e. The lowest BCUT2D eigenvalue weighted by Crippen LogP contribution is -2.38. The van der Waals surface area contributed by atoms with Gasteiger partial charge in [0.1, 0.15) is 11.0 Å².